The number of halogens is 2. The molecular formula is C22H24Cl2N4O4S. The molecule has 0 unspecified atom stereocenters. The number of thiazole rings is 1. The highest BCUT2D eigenvalue weighted by Crippen LogP contribution is 2.34. The minimum atomic E-state index is -0.533. The van der Waals surface area contributed by atoms with Gasteiger partial charge in [-0.25, -0.2) is 4.98 Å². The molecule has 0 aliphatic carbocycles. The largest absolute Gasteiger partial charge is 0.379 e. The third-order valence-electron chi connectivity index (χ3n) is 5.42. The molecule has 2 aromatic carbocycles. The number of aromatic nitrogens is 1. The van der Waals surface area contributed by atoms with Gasteiger partial charge in [0, 0.05) is 38.3 Å². The van der Waals surface area contributed by atoms with Gasteiger partial charge in [-0.15, -0.1) is 12.4 Å². The minimum Gasteiger partial charge on any atom is -0.379 e. The van der Waals surface area contributed by atoms with Crippen LogP contribution >= 0.6 is 35.3 Å². The third-order valence-corrected chi connectivity index (χ3v) is 6.98. The Morgan fingerprint density at radius 2 is 2.00 bits per heavy atom. The Hall–Kier alpha value is -2.30. The van der Waals surface area contributed by atoms with Gasteiger partial charge in [-0.3, -0.25) is 24.7 Å². The lowest BCUT2D eigenvalue weighted by molar-refractivity contribution is -0.384. The molecule has 2 heterocycles. The summed E-state index contributed by atoms with van der Waals surface area (Å²) < 4.78 is 6.42. The molecule has 0 N–H and O–H groups in total. The number of anilines is 1. The first kappa shape index (κ1) is 25.3. The van der Waals surface area contributed by atoms with E-state index in [9.17, 15) is 14.9 Å². The molecule has 0 saturated carbocycles. The number of nitrogens with zero attached hydrogens (tertiary/aromatic N) is 4. The normalized spacial score (nSPS) is 14.2. The molecule has 3 aromatic rings. The summed E-state index contributed by atoms with van der Waals surface area (Å²) in [6.07, 6.45) is 0. The molecule has 1 fully saturated rings. The van der Waals surface area contributed by atoms with E-state index >= 15 is 0 Å². The summed E-state index contributed by atoms with van der Waals surface area (Å²) in [6.45, 7) is 7.94. The number of hydrogen-bond acceptors (Lipinski definition) is 7. The Balaban J connectivity index is 0.00000306. The predicted octanol–water partition coefficient (Wildman–Crippen LogP) is 4.88. The van der Waals surface area contributed by atoms with Crippen LogP contribution in [0, 0.1) is 24.0 Å². The lowest BCUT2D eigenvalue weighted by Gasteiger charge is -2.29. The lowest BCUT2D eigenvalue weighted by Crippen LogP contribution is -2.43. The first-order valence-corrected chi connectivity index (χ1v) is 11.5. The molecule has 0 bridgehead atoms. The SMILES string of the molecule is Cc1cc(C)c2sc(N(CCN3CCOCC3)C(=O)c3cc([N+](=O)[O-])ccc3Cl)nc2c1.Cl. The molecule has 176 valence electrons. The molecule has 11 heteroatoms. The summed E-state index contributed by atoms with van der Waals surface area (Å²) >= 11 is 7.73. The van der Waals surface area contributed by atoms with E-state index in [0.29, 0.717) is 31.4 Å². The first-order valence-electron chi connectivity index (χ1n) is 10.3. The molecule has 1 aliphatic rings. The van der Waals surface area contributed by atoms with Gasteiger partial charge in [-0.05, 0) is 37.1 Å². The average Bonchev–Trinajstić information content (AvgIpc) is 3.18. The van der Waals surface area contributed by atoms with Crippen LogP contribution in [0.2, 0.25) is 5.02 Å². The van der Waals surface area contributed by atoms with E-state index in [4.69, 9.17) is 21.3 Å². The van der Waals surface area contributed by atoms with Crippen molar-refractivity contribution in [1.29, 1.82) is 0 Å². The van der Waals surface area contributed by atoms with Crippen LogP contribution in [0.15, 0.2) is 30.3 Å². The highest BCUT2D eigenvalue weighted by molar-refractivity contribution is 7.22. The summed E-state index contributed by atoms with van der Waals surface area (Å²) in [7, 11) is 0. The van der Waals surface area contributed by atoms with Crippen LogP contribution in [0.4, 0.5) is 10.8 Å². The van der Waals surface area contributed by atoms with Crippen LogP contribution in [0.1, 0.15) is 21.5 Å². The number of nitro benzene ring substituents is 1. The number of benzene rings is 2. The van der Waals surface area contributed by atoms with Crippen molar-refractivity contribution in [3.8, 4) is 0 Å². The number of ether oxygens (including phenoxy) is 1. The van der Waals surface area contributed by atoms with Crippen LogP contribution in [0.5, 0.6) is 0 Å². The van der Waals surface area contributed by atoms with Crippen molar-refractivity contribution in [3.63, 3.8) is 0 Å². The van der Waals surface area contributed by atoms with Gasteiger partial charge in [0.15, 0.2) is 5.13 Å². The van der Waals surface area contributed by atoms with Crippen molar-refractivity contribution in [1.82, 2.24) is 9.88 Å². The summed E-state index contributed by atoms with van der Waals surface area (Å²) in [5, 5.41) is 12.0. The maximum absolute atomic E-state index is 13.6. The molecule has 1 saturated heterocycles. The number of nitro groups is 1. The second-order valence-electron chi connectivity index (χ2n) is 7.76. The fraction of sp³-hybridized carbons (Fsp3) is 0.364. The number of carbonyl (C=O) groups excluding carboxylic acids is 1. The van der Waals surface area contributed by atoms with E-state index in [1.807, 2.05) is 19.9 Å². The fourth-order valence-electron chi connectivity index (χ4n) is 3.77. The molecule has 0 radical (unpaired) electrons. The molecule has 0 spiro atoms. The number of amides is 1. The maximum Gasteiger partial charge on any atom is 0.270 e. The quantitative estimate of drug-likeness (QED) is 0.347. The van der Waals surface area contributed by atoms with Crippen LogP contribution < -0.4 is 4.90 Å². The first-order chi connectivity index (χ1) is 15.3. The second kappa shape index (κ2) is 10.8. The number of non-ortho nitro benzene ring substituents is 1. The van der Waals surface area contributed by atoms with Crippen molar-refractivity contribution in [3.05, 3.63) is 62.2 Å². The van der Waals surface area contributed by atoms with Crippen molar-refractivity contribution in [2.75, 3.05) is 44.3 Å². The highest BCUT2D eigenvalue weighted by Gasteiger charge is 2.26. The number of hydrogen-bond donors (Lipinski definition) is 0. The maximum atomic E-state index is 13.6. The number of morpholine rings is 1. The van der Waals surface area contributed by atoms with E-state index in [0.717, 1.165) is 34.4 Å². The fourth-order valence-corrected chi connectivity index (χ4v) is 5.01. The van der Waals surface area contributed by atoms with Gasteiger partial charge in [-0.2, -0.15) is 0 Å². The van der Waals surface area contributed by atoms with Crippen molar-refractivity contribution in [2.24, 2.45) is 0 Å². The zero-order valence-electron chi connectivity index (χ0n) is 18.2. The van der Waals surface area contributed by atoms with Crippen LogP contribution in [0.25, 0.3) is 10.2 Å². The van der Waals surface area contributed by atoms with Crippen LogP contribution in [-0.4, -0.2) is 60.1 Å². The Kier molecular flexibility index (Phi) is 8.25. The van der Waals surface area contributed by atoms with Gasteiger partial charge in [0.05, 0.1) is 38.9 Å². The van der Waals surface area contributed by atoms with Gasteiger partial charge in [0.1, 0.15) is 0 Å². The van der Waals surface area contributed by atoms with Gasteiger partial charge in [-0.1, -0.05) is 29.0 Å². The zero-order chi connectivity index (χ0) is 22.8. The van der Waals surface area contributed by atoms with Crippen LogP contribution in [0.3, 0.4) is 0 Å². The Bertz CT molecular complexity index is 1180. The van der Waals surface area contributed by atoms with Gasteiger partial charge >= 0.3 is 0 Å². The van der Waals surface area contributed by atoms with Gasteiger partial charge < -0.3 is 4.74 Å². The standard InChI is InChI=1S/C22H23ClN4O4S.ClH/c1-14-11-15(2)20-19(12-14)24-22(32-20)26(6-5-25-7-9-31-10-8-25)21(28)17-13-16(27(29)30)3-4-18(17)23;/h3-4,11-13H,5-10H2,1-2H3;1H. The van der Waals surface area contributed by atoms with Crippen molar-refractivity contribution >= 4 is 62.3 Å². The molecule has 1 aromatic heterocycles. The third kappa shape index (κ3) is 5.62. The predicted molar refractivity (Wildman–Crippen MR) is 133 cm³/mol. The Labute approximate surface area is 206 Å². The highest BCUT2D eigenvalue weighted by atomic mass is 35.5. The number of carbonyl (C=O) groups is 1. The zero-order valence-corrected chi connectivity index (χ0v) is 20.6. The minimum absolute atomic E-state index is 0. The molecular weight excluding hydrogens is 487 g/mol. The Morgan fingerprint density at radius 3 is 2.70 bits per heavy atom. The molecule has 1 amide bonds. The summed E-state index contributed by atoms with van der Waals surface area (Å²) in [5.74, 6) is -0.402. The molecule has 0 atom stereocenters. The molecule has 33 heavy (non-hydrogen) atoms. The summed E-state index contributed by atoms with van der Waals surface area (Å²) in [4.78, 5) is 32.8. The van der Waals surface area contributed by atoms with Crippen molar-refractivity contribution < 1.29 is 14.5 Å². The van der Waals surface area contributed by atoms with E-state index in [1.54, 1.807) is 4.90 Å². The summed E-state index contributed by atoms with van der Waals surface area (Å²) in [5.41, 5.74) is 2.94. The van der Waals surface area contributed by atoms with E-state index in [-0.39, 0.29) is 28.7 Å². The second-order valence-corrected chi connectivity index (χ2v) is 9.14. The Morgan fingerprint density at radius 1 is 1.27 bits per heavy atom. The average molecular weight is 511 g/mol. The van der Waals surface area contributed by atoms with Gasteiger partial charge in [0.25, 0.3) is 11.6 Å². The van der Waals surface area contributed by atoms with Gasteiger partial charge in [0.2, 0.25) is 0 Å². The smallest absolute Gasteiger partial charge is 0.270 e. The number of fused-ring (bicyclic) bond motifs is 1. The molecule has 8 nitrogen and oxygen atoms in total. The van der Waals surface area contributed by atoms with E-state index in [2.05, 4.69) is 11.0 Å². The summed E-state index contributed by atoms with van der Waals surface area (Å²) in [6, 6.07) is 7.99. The van der Waals surface area contributed by atoms with Crippen LogP contribution in [-0.2, 0) is 4.74 Å². The van der Waals surface area contributed by atoms with Crippen molar-refractivity contribution in [2.45, 2.75) is 13.8 Å². The topological polar surface area (TPSA) is 88.8 Å². The number of aryl methyl sites for hydroxylation is 2. The number of rotatable bonds is 6. The van der Waals surface area contributed by atoms with E-state index < -0.39 is 10.8 Å². The lowest BCUT2D eigenvalue weighted by atomic mass is 10.1. The molecule has 4 rings (SSSR count). The van der Waals surface area contributed by atoms with E-state index in [1.165, 1.54) is 29.5 Å². The molecule has 1 aliphatic heterocycles. The monoisotopic (exact) mass is 510 g/mol.